The van der Waals surface area contributed by atoms with E-state index in [-0.39, 0.29) is 17.7 Å². The van der Waals surface area contributed by atoms with Crippen LogP contribution in [0.25, 0.3) is 17.0 Å². The fourth-order valence-electron chi connectivity index (χ4n) is 5.77. The number of fused-ring (bicyclic) bond motifs is 1. The van der Waals surface area contributed by atoms with Crippen molar-refractivity contribution < 1.29 is 9.53 Å². The van der Waals surface area contributed by atoms with E-state index in [1.165, 1.54) is 29.7 Å². The van der Waals surface area contributed by atoms with Crippen LogP contribution in [0.4, 0.5) is 10.5 Å². The van der Waals surface area contributed by atoms with Gasteiger partial charge in [0.25, 0.3) is 5.56 Å². The molecule has 2 fully saturated rings. The molecule has 1 aliphatic heterocycles. The Kier molecular flexibility index (Phi) is 7.70. The van der Waals surface area contributed by atoms with Crippen LogP contribution in [-0.4, -0.2) is 66.6 Å². The Morgan fingerprint density at radius 2 is 1.86 bits per heavy atom. The molecule has 4 aromatic rings. The van der Waals surface area contributed by atoms with Crippen LogP contribution in [0.5, 0.6) is 0 Å². The number of anilines is 1. The summed E-state index contributed by atoms with van der Waals surface area (Å²) in [4.78, 5) is 34.7. The number of amides is 1. The van der Waals surface area contributed by atoms with Gasteiger partial charge in [-0.2, -0.15) is 0 Å². The molecule has 0 spiro atoms. The van der Waals surface area contributed by atoms with Crippen molar-refractivity contribution in [2.45, 2.75) is 71.1 Å². The SMILES string of the molecule is CC(C)(C)OC(=O)N(CC1CCC1)[C@@H]1CCCN(c2ccc(Cn3cc(-c4cc(=O)n5ccccc5n4)nn3)cc2)C1. The van der Waals surface area contributed by atoms with Crippen molar-refractivity contribution in [3.05, 3.63) is 76.8 Å². The van der Waals surface area contributed by atoms with Gasteiger partial charge in [-0.25, -0.2) is 14.5 Å². The van der Waals surface area contributed by atoms with E-state index in [0.717, 1.165) is 43.7 Å². The van der Waals surface area contributed by atoms with Crippen LogP contribution in [0.1, 0.15) is 58.4 Å². The van der Waals surface area contributed by atoms with E-state index in [0.29, 0.717) is 29.5 Å². The minimum atomic E-state index is -0.506. The summed E-state index contributed by atoms with van der Waals surface area (Å²) in [6.07, 6.45) is 9.01. The molecule has 0 unspecified atom stereocenters. The smallest absolute Gasteiger partial charge is 0.410 e. The van der Waals surface area contributed by atoms with Gasteiger partial charge in [-0.15, -0.1) is 5.10 Å². The molecule has 10 heteroatoms. The molecular weight excluding hydrogens is 530 g/mol. The predicted octanol–water partition coefficient (Wildman–Crippen LogP) is 5.01. The number of rotatable bonds is 7. The van der Waals surface area contributed by atoms with Gasteiger partial charge in [0.1, 0.15) is 22.6 Å². The zero-order chi connectivity index (χ0) is 29.3. The number of nitrogens with zero attached hydrogens (tertiary/aromatic N) is 7. The quantitative estimate of drug-likeness (QED) is 0.309. The summed E-state index contributed by atoms with van der Waals surface area (Å²) in [5, 5.41) is 8.54. The Morgan fingerprint density at radius 3 is 2.60 bits per heavy atom. The predicted molar refractivity (Wildman–Crippen MR) is 162 cm³/mol. The highest BCUT2D eigenvalue weighted by Crippen LogP contribution is 2.31. The third kappa shape index (κ3) is 6.32. The molecule has 1 saturated heterocycles. The second-order valence-corrected chi connectivity index (χ2v) is 12.5. The number of benzene rings is 1. The maximum Gasteiger partial charge on any atom is 0.410 e. The second-order valence-electron chi connectivity index (χ2n) is 12.5. The van der Waals surface area contributed by atoms with Crippen LogP contribution < -0.4 is 10.5 Å². The molecule has 1 amide bonds. The van der Waals surface area contributed by atoms with Gasteiger partial charge in [0.05, 0.1) is 18.8 Å². The van der Waals surface area contributed by atoms with Crippen molar-refractivity contribution in [3.8, 4) is 11.4 Å². The molecule has 1 atom stereocenters. The number of pyridine rings is 1. The van der Waals surface area contributed by atoms with E-state index in [9.17, 15) is 9.59 Å². The topological polar surface area (TPSA) is 97.9 Å². The van der Waals surface area contributed by atoms with E-state index >= 15 is 0 Å². The summed E-state index contributed by atoms with van der Waals surface area (Å²) >= 11 is 0. The van der Waals surface area contributed by atoms with E-state index in [1.807, 2.05) is 37.9 Å². The average Bonchev–Trinajstić information content (AvgIpc) is 3.40. The lowest BCUT2D eigenvalue weighted by molar-refractivity contribution is 0.00736. The Hall–Kier alpha value is -4.21. The summed E-state index contributed by atoms with van der Waals surface area (Å²) in [6.45, 7) is 8.91. The molecule has 4 heterocycles. The van der Waals surface area contributed by atoms with Crippen LogP contribution in [0.3, 0.4) is 0 Å². The third-order valence-corrected chi connectivity index (χ3v) is 8.16. The Bertz CT molecular complexity index is 1600. The van der Waals surface area contributed by atoms with Gasteiger partial charge >= 0.3 is 6.09 Å². The van der Waals surface area contributed by atoms with Crippen LogP contribution in [0.15, 0.2) is 65.7 Å². The first-order valence-corrected chi connectivity index (χ1v) is 14.9. The van der Waals surface area contributed by atoms with Gasteiger partial charge in [0.15, 0.2) is 0 Å². The number of piperidine rings is 1. The Balaban J connectivity index is 1.12. The molecule has 0 N–H and O–H groups in total. The number of ether oxygens (including phenoxy) is 1. The van der Waals surface area contributed by atoms with Gasteiger partial charge in [0.2, 0.25) is 0 Å². The number of hydrogen-bond donors (Lipinski definition) is 0. The Labute approximate surface area is 245 Å². The van der Waals surface area contributed by atoms with Gasteiger partial charge < -0.3 is 14.5 Å². The number of carbonyl (C=O) groups is 1. The summed E-state index contributed by atoms with van der Waals surface area (Å²) in [5.74, 6) is 0.586. The van der Waals surface area contributed by atoms with E-state index < -0.39 is 5.60 Å². The van der Waals surface area contributed by atoms with Crippen LogP contribution in [-0.2, 0) is 11.3 Å². The van der Waals surface area contributed by atoms with Gasteiger partial charge in [-0.1, -0.05) is 29.8 Å². The molecule has 0 radical (unpaired) electrons. The monoisotopic (exact) mass is 569 g/mol. The highest BCUT2D eigenvalue weighted by atomic mass is 16.6. The van der Waals surface area contributed by atoms with Crippen LogP contribution in [0, 0.1) is 5.92 Å². The second kappa shape index (κ2) is 11.6. The molecule has 0 bridgehead atoms. The molecule has 3 aromatic heterocycles. The first-order valence-electron chi connectivity index (χ1n) is 14.9. The maximum absolute atomic E-state index is 13.2. The van der Waals surface area contributed by atoms with E-state index in [1.54, 1.807) is 23.0 Å². The van der Waals surface area contributed by atoms with Crippen LogP contribution >= 0.6 is 0 Å². The number of aromatic nitrogens is 5. The van der Waals surface area contributed by atoms with Crippen molar-refractivity contribution >= 4 is 17.4 Å². The first-order chi connectivity index (χ1) is 20.2. The van der Waals surface area contributed by atoms with E-state index in [4.69, 9.17) is 4.74 Å². The standard InChI is InChI=1S/C32H39N7O3/c1-32(2,3)42-31(41)39(20-23-8-6-9-23)26-10-7-16-36(21-26)25-14-12-24(13-15-25)19-37-22-28(34-35-37)27-18-30(40)38-17-5-4-11-29(38)33-27/h4-5,11-15,17-18,22-23,26H,6-10,16,19-21H2,1-3H3/t26-/m1/s1. The van der Waals surface area contributed by atoms with Crippen LogP contribution in [0.2, 0.25) is 0 Å². The van der Waals surface area contributed by atoms with Crippen molar-refractivity contribution in [2.75, 3.05) is 24.5 Å². The molecule has 1 aromatic carbocycles. The van der Waals surface area contributed by atoms with Crippen molar-refractivity contribution in [3.63, 3.8) is 0 Å². The Morgan fingerprint density at radius 1 is 1.05 bits per heavy atom. The molecule has 6 rings (SSSR count). The van der Waals surface area contributed by atoms with Crippen molar-refractivity contribution in [1.29, 1.82) is 0 Å². The lowest BCUT2D eigenvalue weighted by atomic mass is 9.84. The highest BCUT2D eigenvalue weighted by molar-refractivity contribution is 5.69. The molecule has 2 aliphatic rings. The van der Waals surface area contributed by atoms with Gasteiger partial charge in [-0.3, -0.25) is 9.20 Å². The summed E-state index contributed by atoms with van der Waals surface area (Å²) < 4.78 is 9.09. The summed E-state index contributed by atoms with van der Waals surface area (Å²) in [7, 11) is 0. The molecule has 10 nitrogen and oxygen atoms in total. The lowest BCUT2D eigenvalue weighted by Crippen LogP contribution is -2.53. The van der Waals surface area contributed by atoms with Crippen molar-refractivity contribution in [1.82, 2.24) is 29.3 Å². The minimum Gasteiger partial charge on any atom is -0.444 e. The lowest BCUT2D eigenvalue weighted by Gasteiger charge is -2.43. The summed E-state index contributed by atoms with van der Waals surface area (Å²) in [5.41, 5.74) is 3.22. The number of carbonyl (C=O) groups excluding carboxylic acids is 1. The number of hydrogen-bond acceptors (Lipinski definition) is 7. The molecular formula is C32H39N7O3. The van der Waals surface area contributed by atoms with Gasteiger partial charge in [0, 0.05) is 37.6 Å². The molecule has 220 valence electrons. The highest BCUT2D eigenvalue weighted by Gasteiger charge is 2.34. The van der Waals surface area contributed by atoms with E-state index in [2.05, 4.69) is 44.5 Å². The largest absolute Gasteiger partial charge is 0.444 e. The minimum absolute atomic E-state index is 0.138. The first kappa shape index (κ1) is 27.9. The molecule has 1 aliphatic carbocycles. The average molecular weight is 570 g/mol. The van der Waals surface area contributed by atoms with Gasteiger partial charge in [-0.05, 0) is 82.2 Å². The zero-order valence-electron chi connectivity index (χ0n) is 24.6. The fraction of sp³-hybridized carbons (Fsp3) is 0.469. The summed E-state index contributed by atoms with van der Waals surface area (Å²) in [6, 6.07) is 15.6. The zero-order valence-corrected chi connectivity index (χ0v) is 24.6. The fourth-order valence-corrected chi connectivity index (χ4v) is 5.77. The maximum atomic E-state index is 13.2. The normalized spacial score (nSPS) is 17.7. The molecule has 42 heavy (non-hydrogen) atoms. The van der Waals surface area contributed by atoms with Crippen molar-refractivity contribution in [2.24, 2.45) is 5.92 Å². The molecule has 1 saturated carbocycles. The third-order valence-electron chi connectivity index (χ3n) is 8.16.